The molecule has 84 valence electrons. The minimum absolute atomic E-state index is 0.671. The number of piperazine rings is 1. The number of anilines is 1. The average molecular weight is 218 g/mol. The lowest BCUT2D eigenvalue weighted by molar-refractivity contribution is 0.552. The van der Waals surface area contributed by atoms with E-state index in [-0.39, 0.29) is 0 Å². The fourth-order valence-corrected chi connectivity index (χ4v) is 2.08. The van der Waals surface area contributed by atoms with E-state index in [4.69, 9.17) is 4.42 Å². The van der Waals surface area contributed by atoms with Crippen LogP contribution in [0.25, 0.3) is 11.2 Å². The topological polar surface area (TPSA) is 54.2 Å². The molecule has 3 rings (SSSR count). The van der Waals surface area contributed by atoms with Gasteiger partial charge in [0, 0.05) is 39.3 Å². The molecule has 2 aromatic rings. The number of pyridine rings is 1. The van der Waals surface area contributed by atoms with E-state index in [1.54, 1.807) is 6.20 Å². The first-order valence-electron chi connectivity index (χ1n) is 5.52. The fraction of sp³-hybridized carbons (Fsp3) is 0.455. The molecule has 0 unspecified atom stereocenters. The van der Waals surface area contributed by atoms with Crippen molar-refractivity contribution in [3.63, 3.8) is 0 Å². The number of hydrogen-bond acceptors (Lipinski definition) is 5. The molecule has 0 amide bonds. The van der Waals surface area contributed by atoms with Crippen LogP contribution in [0, 0.1) is 6.92 Å². The summed E-state index contributed by atoms with van der Waals surface area (Å²) in [6, 6.07) is 2.00. The molecule has 0 aliphatic carbocycles. The number of aromatic nitrogens is 2. The smallest absolute Gasteiger partial charge is 0.200 e. The van der Waals surface area contributed by atoms with Gasteiger partial charge in [-0.2, -0.15) is 4.98 Å². The zero-order chi connectivity index (χ0) is 11.0. The number of rotatable bonds is 1. The largest absolute Gasteiger partial charge is 0.437 e. The van der Waals surface area contributed by atoms with Crippen LogP contribution < -0.4 is 10.2 Å². The molecule has 1 aliphatic heterocycles. The Morgan fingerprint density at radius 2 is 2.19 bits per heavy atom. The van der Waals surface area contributed by atoms with Gasteiger partial charge >= 0.3 is 0 Å². The van der Waals surface area contributed by atoms with E-state index in [2.05, 4.69) is 20.2 Å². The van der Waals surface area contributed by atoms with E-state index in [1.807, 2.05) is 13.0 Å². The molecule has 2 aromatic heterocycles. The summed E-state index contributed by atoms with van der Waals surface area (Å²) in [5, 5.41) is 3.33. The van der Waals surface area contributed by atoms with Gasteiger partial charge in [0.15, 0.2) is 11.5 Å². The molecule has 0 bridgehead atoms. The SMILES string of the molecule is Cc1nc2nccc(N3CCNCC3)c2o1. The zero-order valence-corrected chi connectivity index (χ0v) is 9.23. The third-order valence-electron chi connectivity index (χ3n) is 2.84. The zero-order valence-electron chi connectivity index (χ0n) is 9.23. The number of nitrogens with zero attached hydrogens (tertiary/aromatic N) is 3. The molecular weight excluding hydrogens is 204 g/mol. The standard InChI is InChI=1S/C11H14N4O/c1-8-14-11-10(16-8)9(2-3-13-11)15-6-4-12-5-7-15/h2-3,12H,4-7H2,1H3. The number of aryl methyl sites for hydroxylation is 1. The summed E-state index contributed by atoms with van der Waals surface area (Å²) in [6.07, 6.45) is 1.79. The van der Waals surface area contributed by atoms with Crippen LogP contribution in [0.3, 0.4) is 0 Å². The summed E-state index contributed by atoms with van der Waals surface area (Å²) >= 11 is 0. The summed E-state index contributed by atoms with van der Waals surface area (Å²) in [5.41, 5.74) is 2.61. The number of nitrogens with one attached hydrogen (secondary N) is 1. The molecule has 0 saturated carbocycles. The maximum Gasteiger partial charge on any atom is 0.200 e. The molecule has 5 nitrogen and oxygen atoms in total. The van der Waals surface area contributed by atoms with Gasteiger partial charge < -0.3 is 14.6 Å². The number of fused-ring (bicyclic) bond motifs is 1. The van der Waals surface area contributed by atoms with Gasteiger partial charge in [-0.15, -0.1) is 0 Å². The Labute approximate surface area is 93.5 Å². The number of oxazole rings is 1. The molecule has 0 aromatic carbocycles. The number of hydrogen-bond donors (Lipinski definition) is 1. The van der Waals surface area contributed by atoms with Crippen molar-refractivity contribution in [2.24, 2.45) is 0 Å². The summed E-state index contributed by atoms with van der Waals surface area (Å²) in [6.45, 7) is 5.87. The summed E-state index contributed by atoms with van der Waals surface area (Å²) in [4.78, 5) is 10.8. The average Bonchev–Trinajstić information content (AvgIpc) is 2.70. The van der Waals surface area contributed by atoms with E-state index in [1.165, 1.54) is 0 Å². The lowest BCUT2D eigenvalue weighted by atomic mass is 10.3. The molecule has 3 heterocycles. The molecular formula is C11H14N4O. The Hall–Kier alpha value is -1.62. The predicted octanol–water partition coefficient (Wildman–Crippen LogP) is 0.941. The van der Waals surface area contributed by atoms with Gasteiger partial charge in [0.2, 0.25) is 5.65 Å². The molecule has 0 spiro atoms. The van der Waals surface area contributed by atoms with Crippen molar-refractivity contribution in [2.45, 2.75) is 6.92 Å². The van der Waals surface area contributed by atoms with Crippen LogP contribution in [0.2, 0.25) is 0 Å². The molecule has 5 heteroatoms. The lowest BCUT2D eigenvalue weighted by Gasteiger charge is -2.28. The van der Waals surface area contributed by atoms with Crippen molar-refractivity contribution < 1.29 is 4.42 Å². The maximum atomic E-state index is 5.62. The van der Waals surface area contributed by atoms with Gasteiger partial charge in [-0.1, -0.05) is 0 Å². The van der Waals surface area contributed by atoms with Crippen molar-refractivity contribution in [3.05, 3.63) is 18.2 Å². The van der Waals surface area contributed by atoms with Crippen LogP contribution in [-0.4, -0.2) is 36.1 Å². The highest BCUT2D eigenvalue weighted by molar-refractivity contribution is 5.83. The fourth-order valence-electron chi connectivity index (χ4n) is 2.08. The molecule has 1 fully saturated rings. The summed E-state index contributed by atoms with van der Waals surface area (Å²) in [5.74, 6) is 0.671. The minimum Gasteiger partial charge on any atom is -0.437 e. The van der Waals surface area contributed by atoms with Crippen molar-refractivity contribution in [1.82, 2.24) is 15.3 Å². The molecule has 0 radical (unpaired) electrons. The highest BCUT2D eigenvalue weighted by Crippen LogP contribution is 2.25. The van der Waals surface area contributed by atoms with E-state index in [9.17, 15) is 0 Å². The van der Waals surface area contributed by atoms with Gasteiger partial charge in [-0.3, -0.25) is 0 Å². The van der Waals surface area contributed by atoms with Crippen molar-refractivity contribution in [1.29, 1.82) is 0 Å². The van der Waals surface area contributed by atoms with E-state index in [0.717, 1.165) is 37.4 Å². The van der Waals surface area contributed by atoms with Gasteiger partial charge in [-0.25, -0.2) is 4.98 Å². The second kappa shape index (κ2) is 3.75. The van der Waals surface area contributed by atoms with E-state index >= 15 is 0 Å². The Morgan fingerprint density at radius 3 is 3.00 bits per heavy atom. The van der Waals surface area contributed by atoms with Crippen molar-refractivity contribution in [2.75, 3.05) is 31.1 Å². The van der Waals surface area contributed by atoms with Crippen LogP contribution in [0.4, 0.5) is 5.69 Å². The molecule has 1 saturated heterocycles. The van der Waals surface area contributed by atoms with E-state index in [0.29, 0.717) is 11.5 Å². The van der Waals surface area contributed by atoms with Crippen LogP contribution in [0.1, 0.15) is 5.89 Å². The minimum atomic E-state index is 0.671. The van der Waals surface area contributed by atoms with Crippen LogP contribution in [-0.2, 0) is 0 Å². The first-order chi connectivity index (χ1) is 7.84. The van der Waals surface area contributed by atoms with Gasteiger partial charge in [0.1, 0.15) is 0 Å². The van der Waals surface area contributed by atoms with Gasteiger partial charge in [-0.05, 0) is 6.07 Å². The Bertz CT molecular complexity index is 502. The third-order valence-corrected chi connectivity index (χ3v) is 2.84. The Balaban J connectivity index is 2.07. The van der Waals surface area contributed by atoms with Gasteiger partial charge in [0.25, 0.3) is 0 Å². The maximum absolute atomic E-state index is 5.62. The highest BCUT2D eigenvalue weighted by atomic mass is 16.3. The predicted molar refractivity (Wildman–Crippen MR) is 61.6 cm³/mol. The third kappa shape index (κ3) is 1.53. The quantitative estimate of drug-likeness (QED) is 0.772. The second-order valence-corrected chi connectivity index (χ2v) is 3.95. The lowest BCUT2D eigenvalue weighted by Crippen LogP contribution is -2.43. The molecule has 16 heavy (non-hydrogen) atoms. The molecule has 1 aliphatic rings. The van der Waals surface area contributed by atoms with Crippen LogP contribution in [0.15, 0.2) is 16.7 Å². The molecule has 0 atom stereocenters. The highest BCUT2D eigenvalue weighted by Gasteiger charge is 2.16. The molecule has 1 N–H and O–H groups in total. The monoisotopic (exact) mass is 218 g/mol. The Kier molecular flexibility index (Phi) is 2.25. The van der Waals surface area contributed by atoms with Crippen molar-refractivity contribution >= 4 is 16.9 Å². The van der Waals surface area contributed by atoms with E-state index < -0.39 is 0 Å². The summed E-state index contributed by atoms with van der Waals surface area (Å²) in [7, 11) is 0. The van der Waals surface area contributed by atoms with Crippen LogP contribution in [0.5, 0.6) is 0 Å². The van der Waals surface area contributed by atoms with Crippen molar-refractivity contribution in [3.8, 4) is 0 Å². The van der Waals surface area contributed by atoms with Crippen LogP contribution >= 0.6 is 0 Å². The normalized spacial score (nSPS) is 16.9. The first kappa shape index (κ1) is 9.59. The first-order valence-corrected chi connectivity index (χ1v) is 5.52. The van der Waals surface area contributed by atoms with Gasteiger partial charge in [0.05, 0.1) is 5.69 Å². The second-order valence-electron chi connectivity index (χ2n) is 3.95. The summed E-state index contributed by atoms with van der Waals surface area (Å²) < 4.78 is 5.62. The Morgan fingerprint density at radius 1 is 1.38 bits per heavy atom.